The molecule has 2 aliphatic rings. The van der Waals surface area contributed by atoms with Gasteiger partial charge in [-0.1, -0.05) is 78.9 Å². The number of rotatable bonds is 16. The molecule has 5 N–H and O–H groups in total. The standard InChI is InChI=1S/C48H54N4O7/c1-56-44-25-38-22-23-52(29-39(38)26-45(44)57-2)30-40-27-43(35-16-14-32(31-53)15-17-35)59-48(58-40)36-20-18-34(19-21-36)37-9-7-8-33(24-37)28-50-46(54)12-5-6-13-47(55)51-42-11-4-3-10-41(42)49/h3-4,7-11,14-21,24-26,40,43,48,53H,5-6,12-13,22-23,27-31,49H2,1-2H3,(H,50,54)(H,51,55)/t40-,43+,48+/m0/s1. The van der Waals surface area contributed by atoms with Gasteiger partial charge in [-0.05, 0) is 88.5 Å². The lowest BCUT2D eigenvalue weighted by atomic mass is 9.96. The molecule has 1 saturated heterocycles. The molecule has 2 aliphatic heterocycles. The highest BCUT2D eigenvalue weighted by molar-refractivity contribution is 5.93. The number of nitrogens with two attached hydrogens (primary N) is 1. The van der Waals surface area contributed by atoms with Crippen LogP contribution >= 0.6 is 0 Å². The fourth-order valence-electron chi connectivity index (χ4n) is 7.80. The van der Waals surface area contributed by atoms with E-state index in [0.29, 0.717) is 50.0 Å². The molecule has 2 heterocycles. The Kier molecular flexibility index (Phi) is 13.9. The van der Waals surface area contributed by atoms with E-state index in [1.54, 1.807) is 26.4 Å². The number of nitrogen functional groups attached to an aromatic ring is 1. The van der Waals surface area contributed by atoms with Gasteiger partial charge < -0.3 is 40.4 Å². The largest absolute Gasteiger partial charge is 0.493 e. The Morgan fingerprint density at radius 3 is 2.22 bits per heavy atom. The number of aliphatic hydroxyl groups excluding tert-OH is 1. The van der Waals surface area contributed by atoms with Crippen molar-refractivity contribution in [2.24, 2.45) is 0 Å². The molecule has 11 nitrogen and oxygen atoms in total. The lowest BCUT2D eigenvalue weighted by Gasteiger charge is -2.39. The Balaban J connectivity index is 0.952. The van der Waals surface area contributed by atoms with Crippen LogP contribution in [0.3, 0.4) is 0 Å². The molecule has 59 heavy (non-hydrogen) atoms. The SMILES string of the molecule is COc1cc2c(cc1OC)CN(C[C@@H]1C[C@H](c3ccc(CO)cc3)O[C@H](c3ccc(-c4cccc(CNC(=O)CCCCC(=O)Nc5ccccc5N)c4)cc3)O1)CC2. The van der Waals surface area contributed by atoms with E-state index in [4.69, 9.17) is 24.7 Å². The van der Waals surface area contributed by atoms with Gasteiger partial charge in [0, 0.05) is 51.0 Å². The third kappa shape index (κ3) is 10.9. The third-order valence-corrected chi connectivity index (χ3v) is 11.1. The first-order chi connectivity index (χ1) is 28.8. The van der Waals surface area contributed by atoms with Crippen LogP contribution in [0, 0.1) is 0 Å². The van der Waals surface area contributed by atoms with Crippen molar-refractivity contribution in [2.75, 3.05) is 38.4 Å². The fourth-order valence-corrected chi connectivity index (χ4v) is 7.80. The summed E-state index contributed by atoms with van der Waals surface area (Å²) in [7, 11) is 3.34. The summed E-state index contributed by atoms with van der Waals surface area (Å²) >= 11 is 0. The van der Waals surface area contributed by atoms with Crippen molar-refractivity contribution in [3.05, 3.63) is 143 Å². The van der Waals surface area contributed by atoms with Crippen LogP contribution in [0.4, 0.5) is 11.4 Å². The molecule has 0 aliphatic carbocycles. The Morgan fingerprint density at radius 2 is 1.49 bits per heavy atom. The van der Waals surface area contributed by atoms with E-state index in [9.17, 15) is 14.7 Å². The average Bonchev–Trinajstić information content (AvgIpc) is 3.27. The number of hydrogen-bond donors (Lipinski definition) is 4. The Hall–Kier alpha value is -5.72. The van der Waals surface area contributed by atoms with E-state index < -0.39 is 6.29 Å². The summed E-state index contributed by atoms with van der Waals surface area (Å²) in [4.78, 5) is 27.4. The third-order valence-electron chi connectivity index (χ3n) is 11.1. The van der Waals surface area contributed by atoms with Crippen LogP contribution in [-0.2, 0) is 45.2 Å². The zero-order chi connectivity index (χ0) is 41.1. The number of para-hydroxylation sites is 2. The van der Waals surface area contributed by atoms with Crippen molar-refractivity contribution in [3.63, 3.8) is 0 Å². The first kappa shape index (κ1) is 41.4. The van der Waals surface area contributed by atoms with Crippen molar-refractivity contribution in [2.45, 2.75) is 76.7 Å². The average molecular weight is 799 g/mol. The van der Waals surface area contributed by atoms with Gasteiger partial charge in [-0.15, -0.1) is 0 Å². The number of aliphatic hydroxyl groups is 1. The predicted molar refractivity (Wildman–Crippen MR) is 229 cm³/mol. The molecular formula is C48H54N4O7. The number of methoxy groups -OCH3 is 2. The van der Waals surface area contributed by atoms with E-state index in [0.717, 1.165) is 70.9 Å². The highest BCUT2D eigenvalue weighted by Gasteiger charge is 2.34. The number of fused-ring (bicyclic) bond motifs is 1. The molecule has 0 unspecified atom stereocenters. The van der Waals surface area contributed by atoms with Gasteiger partial charge in [0.2, 0.25) is 11.8 Å². The molecule has 0 aromatic heterocycles. The van der Waals surface area contributed by atoms with Gasteiger partial charge in [0.05, 0.1) is 44.4 Å². The zero-order valence-electron chi connectivity index (χ0n) is 33.8. The molecule has 0 bridgehead atoms. The topological polar surface area (TPSA) is 145 Å². The molecule has 5 aromatic carbocycles. The molecule has 0 radical (unpaired) electrons. The van der Waals surface area contributed by atoms with Gasteiger partial charge in [0.15, 0.2) is 17.8 Å². The Labute approximate surface area is 346 Å². The minimum absolute atomic E-state index is 0.00723. The van der Waals surface area contributed by atoms with Crippen LogP contribution in [0.5, 0.6) is 11.5 Å². The monoisotopic (exact) mass is 798 g/mol. The number of carbonyl (C=O) groups excluding carboxylic acids is 2. The van der Waals surface area contributed by atoms with Crippen LogP contribution in [0.1, 0.15) is 77.9 Å². The smallest absolute Gasteiger partial charge is 0.224 e. The number of anilines is 2. The second-order valence-electron chi connectivity index (χ2n) is 15.3. The second kappa shape index (κ2) is 19.8. The van der Waals surface area contributed by atoms with Crippen molar-refractivity contribution >= 4 is 23.2 Å². The summed E-state index contributed by atoms with van der Waals surface area (Å²) in [6, 6.07) is 35.8. The molecule has 0 spiro atoms. The zero-order valence-corrected chi connectivity index (χ0v) is 33.8. The molecule has 308 valence electrons. The van der Waals surface area contributed by atoms with Gasteiger partial charge in [-0.3, -0.25) is 14.5 Å². The number of carbonyl (C=O) groups is 2. The maximum absolute atomic E-state index is 12.6. The predicted octanol–water partition coefficient (Wildman–Crippen LogP) is 7.86. The highest BCUT2D eigenvalue weighted by Crippen LogP contribution is 2.40. The summed E-state index contributed by atoms with van der Waals surface area (Å²) in [6.45, 7) is 2.86. The molecular weight excluding hydrogens is 745 g/mol. The number of unbranched alkanes of at least 4 members (excludes halogenated alkanes) is 1. The quantitative estimate of drug-likeness (QED) is 0.0579. The van der Waals surface area contributed by atoms with E-state index in [1.165, 1.54) is 11.1 Å². The van der Waals surface area contributed by atoms with Crippen molar-refractivity contribution in [1.29, 1.82) is 0 Å². The van der Waals surface area contributed by atoms with Crippen molar-refractivity contribution in [1.82, 2.24) is 10.2 Å². The molecule has 5 aromatic rings. The molecule has 0 saturated carbocycles. The summed E-state index contributed by atoms with van der Waals surface area (Å²) in [6.07, 6.45) is 2.67. The van der Waals surface area contributed by atoms with E-state index in [-0.39, 0.29) is 30.6 Å². The van der Waals surface area contributed by atoms with Gasteiger partial charge in [0.1, 0.15) is 0 Å². The number of nitrogens with zero attached hydrogens (tertiary/aromatic N) is 1. The van der Waals surface area contributed by atoms with Crippen molar-refractivity contribution in [3.8, 4) is 22.6 Å². The molecule has 11 heteroatoms. The lowest BCUT2D eigenvalue weighted by Crippen LogP contribution is -2.41. The summed E-state index contributed by atoms with van der Waals surface area (Å²) in [5.41, 5.74) is 15.5. The number of benzene rings is 5. The summed E-state index contributed by atoms with van der Waals surface area (Å²) in [5, 5.41) is 15.5. The minimum Gasteiger partial charge on any atom is -0.493 e. The molecule has 2 amide bonds. The van der Waals surface area contributed by atoms with Crippen LogP contribution in [0.2, 0.25) is 0 Å². The van der Waals surface area contributed by atoms with Crippen LogP contribution in [-0.4, -0.2) is 55.2 Å². The number of hydrogen-bond acceptors (Lipinski definition) is 9. The number of ether oxygens (including phenoxy) is 4. The maximum atomic E-state index is 12.6. The lowest BCUT2D eigenvalue weighted by molar-refractivity contribution is -0.253. The first-order valence-electron chi connectivity index (χ1n) is 20.4. The van der Waals surface area contributed by atoms with E-state index >= 15 is 0 Å². The minimum atomic E-state index is -0.565. The van der Waals surface area contributed by atoms with Gasteiger partial charge in [-0.2, -0.15) is 0 Å². The van der Waals surface area contributed by atoms with Gasteiger partial charge >= 0.3 is 0 Å². The maximum Gasteiger partial charge on any atom is 0.224 e. The van der Waals surface area contributed by atoms with Crippen LogP contribution in [0.25, 0.3) is 11.1 Å². The summed E-state index contributed by atoms with van der Waals surface area (Å²) < 4.78 is 24.5. The van der Waals surface area contributed by atoms with Gasteiger partial charge in [-0.25, -0.2) is 0 Å². The molecule has 1 fully saturated rings. The second-order valence-corrected chi connectivity index (χ2v) is 15.3. The van der Waals surface area contributed by atoms with Crippen LogP contribution < -0.4 is 25.8 Å². The molecule has 3 atom stereocenters. The summed E-state index contributed by atoms with van der Waals surface area (Å²) in [5.74, 6) is 1.33. The highest BCUT2D eigenvalue weighted by atomic mass is 16.7. The van der Waals surface area contributed by atoms with E-state index in [1.807, 2.05) is 48.5 Å². The van der Waals surface area contributed by atoms with Crippen LogP contribution in [0.15, 0.2) is 109 Å². The Bertz CT molecular complexity index is 2190. The normalized spacial score (nSPS) is 17.8. The molecule has 7 rings (SSSR count). The van der Waals surface area contributed by atoms with Crippen molar-refractivity contribution < 1.29 is 33.6 Å². The Morgan fingerprint density at radius 1 is 0.780 bits per heavy atom. The number of amides is 2. The van der Waals surface area contributed by atoms with Gasteiger partial charge in [0.25, 0.3) is 0 Å². The first-order valence-corrected chi connectivity index (χ1v) is 20.4. The number of nitrogens with one attached hydrogen (secondary N) is 2. The fraction of sp³-hybridized carbons (Fsp3) is 0.333. The van der Waals surface area contributed by atoms with E-state index in [2.05, 4.69) is 64.1 Å².